The third-order valence-electron chi connectivity index (χ3n) is 4.78. The second-order valence-corrected chi connectivity index (χ2v) is 6.18. The Kier molecular flexibility index (Phi) is 6.53. The highest BCUT2D eigenvalue weighted by Gasteiger charge is 2.48. The zero-order chi connectivity index (χ0) is 16.2. The van der Waals surface area contributed by atoms with Gasteiger partial charge < -0.3 is 15.2 Å². The van der Waals surface area contributed by atoms with Crippen LogP contribution in [0.4, 0.5) is 0 Å². The summed E-state index contributed by atoms with van der Waals surface area (Å²) in [6.07, 6.45) is 4.98. The number of likely N-dealkylation sites (tertiary alicyclic amines) is 1. The third kappa shape index (κ3) is 3.72. The van der Waals surface area contributed by atoms with E-state index in [0.29, 0.717) is 6.61 Å². The summed E-state index contributed by atoms with van der Waals surface area (Å²) < 4.78 is 10.9. The molecule has 21 heavy (non-hydrogen) atoms. The van der Waals surface area contributed by atoms with Crippen LogP contribution in [0.3, 0.4) is 0 Å². The topological polar surface area (TPSA) is 64.8 Å². The summed E-state index contributed by atoms with van der Waals surface area (Å²) in [4.78, 5) is 14.0. The van der Waals surface area contributed by atoms with Crippen LogP contribution < -0.4 is 5.73 Å². The summed E-state index contributed by atoms with van der Waals surface area (Å²) in [7, 11) is 5.27. The van der Waals surface area contributed by atoms with Gasteiger partial charge in [0.2, 0.25) is 0 Å². The van der Waals surface area contributed by atoms with E-state index in [-0.39, 0.29) is 29.8 Å². The van der Waals surface area contributed by atoms with Crippen LogP contribution in [0.25, 0.3) is 0 Å². The molecule has 0 aliphatic carbocycles. The Bertz CT molecular complexity index is 386. The zero-order valence-electron chi connectivity index (χ0n) is 14.1. The van der Waals surface area contributed by atoms with E-state index in [2.05, 4.69) is 11.0 Å². The minimum absolute atomic E-state index is 0.0511. The third-order valence-corrected chi connectivity index (χ3v) is 4.78. The van der Waals surface area contributed by atoms with Crippen molar-refractivity contribution in [3.05, 3.63) is 12.2 Å². The fourth-order valence-electron chi connectivity index (χ4n) is 3.42. The summed E-state index contributed by atoms with van der Waals surface area (Å²) in [6, 6.07) is -0.279. The molecule has 5 heteroatoms. The van der Waals surface area contributed by atoms with Crippen LogP contribution in [-0.4, -0.2) is 62.3 Å². The van der Waals surface area contributed by atoms with Crippen molar-refractivity contribution in [2.45, 2.75) is 50.9 Å². The summed E-state index contributed by atoms with van der Waals surface area (Å²) in [6.45, 7) is 6.02. The average Bonchev–Trinajstić information content (AvgIpc) is 2.75. The predicted molar refractivity (Wildman–Crippen MR) is 84.2 cm³/mol. The van der Waals surface area contributed by atoms with Crippen LogP contribution in [0.5, 0.6) is 0 Å². The lowest BCUT2D eigenvalue weighted by molar-refractivity contribution is -0.122. The highest BCUT2D eigenvalue weighted by molar-refractivity contribution is 5.82. The maximum atomic E-state index is 11.9. The molecule has 0 spiro atoms. The molecule has 5 atom stereocenters. The molecule has 1 saturated heterocycles. The molecular weight excluding hydrogens is 268 g/mol. The standard InChI is InChI=1S/C16H30N2O3/c1-7-8-12-9-13(11(2)19)18(4)14(12)15(17)16(3,21-6)10-20-5/h7-8,12-15H,9-10,17H2,1-6H3/b8-7-/t12-,13-,14-,15?,16?/m1/s1. The van der Waals surface area contributed by atoms with Crippen LogP contribution in [0.1, 0.15) is 27.2 Å². The number of Topliss-reactive ketones (excluding diaryl/α,β-unsaturated/α-hetero) is 1. The van der Waals surface area contributed by atoms with Crippen molar-refractivity contribution in [2.24, 2.45) is 11.7 Å². The number of methoxy groups -OCH3 is 2. The van der Waals surface area contributed by atoms with Crippen LogP contribution in [0.15, 0.2) is 12.2 Å². The van der Waals surface area contributed by atoms with Gasteiger partial charge in [0.25, 0.3) is 0 Å². The molecule has 1 rings (SSSR count). The number of carbonyl (C=O) groups excluding carboxylic acids is 1. The number of carbonyl (C=O) groups is 1. The lowest BCUT2D eigenvalue weighted by atomic mass is 9.84. The Hall–Kier alpha value is -0.750. The van der Waals surface area contributed by atoms with Gasteiger partial charge in [0, 0.05) is 20.3 Å². The molecule has 1 heterocycles. The van der Waals surface area contributed by atoms with E-state index in [4.69, 9.17) is 15.2 Å². The minimum atomic E-state index is -0.584. The molecule has 2 unspecified atom stereocenters. The van der Waals surface area contributed by atoms with E-state index in [1.54, 1.807) is 21.1 Å². The van der Waals surface area contributed by atoms with Crippen LogP contribution >= 0.6 is 0 Å². The first-order chi connectivity index (χ1) is 9.82. The van der Waals surface area contributed by atoms with E-state index in [1.807, 2.05) is 27.0 Å². The number of hydrogen-bond donors (Lipinski definition) is 1. The van der Waals surface area contributed by atoms with Gasteiger partial charge in [-0.1, -0.05) is 12.2 Å². The zero-order valence-corrected chi connectivity index (χ0v) is 14.1. The highest BCUT2D eigenvalue weighted by Crippen LogP contribution is 2.35. The second kappa shape index (κ2) is 7.49. The Morgan fingerprint density at radius 1 is 1.52 bits per heavy atom. The molecule has 0 amide bonds. The first-order valence-corrected chi connectivity index (χ1v) is 7.47. The van der Waals surface area contributed by atoms with E-state index < -0.39 is 5.60 Å². The Labute approximate surface area is 128 Å². The smallest absolute Gasteiger partial charge is 0.146 e. The number of ketones is 1. The molecule has 0 aromatic heterocycles. The van der Waals surface area contributed by atoms with Gasteiger partial charge in [-0.3, -0.25) is 9.69 Å². The molecule has 5 nitrogen and oxygen atoms in total. The van der Waals surface area contributed by atoms with Gasteiger partial charge in [-0.2, -0.15) is 0 Å². The summed E-state index contributed by atoms with van der Waals surface area (Å²) in [5.74, 6) is 0.433. The van der Waals surface area contributed by atoms with Crippen molar-refractivity contribution in [1.82, 2.24) is 4.90 Å². The summed E-state index contributed by atoms with van der Waals surface area (Å²) in [5.41, 5.74) is 5.95. The molecular formula is C16H30N2O3. The molecule has 0 saturated carbocycles. The minimum Gasteiger partial charge on any atom is -0.382 e. The first kappa shape index (κ1) is 18.3. The molecule has 122 valence electrons. The number of nitrogens with two attached hydrogens (primary N) is 1. The van der Waals surface area contributed by atoms with Crippen molar-refractivity contribution < 1.29 is 14.3 Å². The number of likely N-dealkylation sites (N-methyl/N-ethyl adjacent to an activating group) is 1. The van der Waals surface area contributed by atoms with E-state index in [0.717, 1.165) is 6.42 Å². The van der Waals surface area contributed by atoms with E-state index in [1.165, 1.54) is 0 Å². The summed E-state index contributed by atoms with van der Waals surface area (Å²) in [5, 5.41) is 0. The Balaban J connectivity index is 3.07. The fraction of sp³-hybridized carbons (Fsp3) is 0.812. The maximum absolute atomic E-state index is 11.9. The maximum Gasteiger partial charge on any atom is 0.146 e. The van der Waals surface area contributed by atoms with Gasteiger partial charge in [-0.25, -0.2) is 0 Å². The van der Waals surface area contributed by atoms with Crippen LogP contribution in [0, 0.1) is 5.92 Å². The van der Waals surface area contributed by atoms with Crippen LogP contribution in [0.2, 0.25) is 0 Å². The fourth-order valence-corrected chi connectivity index (χ4v) is 3.42. The van der Waals surface area contributed by atoms with Crippen molar-refractivity contribution in [1.29, 1.82) is 0 Å². The lowest BCUT2D eigenvalue weighted by Crippen LogP contribution is -2.61. The monoisotopic (exact) mass is 298 g/mol. The second-order valence-electron chi connectivity index (χ2n) is 6.18. The van der Waals surface area contributed by atoms with Gasteiger partial charge in [0.05, 0.1) is 18.7 Å². The molecule has 0 aromatic rings. The van der Waals surface area contributed by atoms with E-state index in [9.17, 15) is 4.79 Å². The lowest BCUT2D eigenvalue weighted by Gasteiger charge is -2.41. The quantitative estimate of drug-likeness (QED) is 0.716. The van der Waals surface area contributed by atoms with Crippen LogP contribution in [-0.2, 0) is 14.3 Å². The largest absolute Gasteiger partial charge is 0.382 e. The number of nitrogens with zero attached hydrogens (tertiary/aromatic N) is 1. The van der Waals surface area contributed by atoms with Gasteiger partial charge in [0.1, 0.15) is 11.4 Å². The molecule has 1 fully saturated rings. The number of hydrogen-bond acceptors (Lipinski definition) is 5. The van der Waals surface area contributed by atoms with Gasteiger partial charge >= 0.3 is 0 Å². The SMILES string of the molecule is C/C=C\[C@@H]1C[C@H](C(C)=O)N(C)[C@H]1C(N)C(C)(COC)OC. The molecule has 0 radical (unpaired) electrons. The molecule has 0 bridgehead atoms. The average molecular weight is 298 g/mol. The molecule has 1 aliphatic heterocycles. The predicted octanol–water partition coefficient (Wildman–Crippen LogP) is 1.22. The highest BCUT2D eigenvalue weighted by atomic mass is 16.5. The van der Waals surface area contributed by atoms with Crippen molar-refractivity contribution >= 4 is 5.78 Å². The van der Waals surface area contributed by atoms with Gasteiger partial charge in [-0.15, -0.1) is 0 Å². The Morgan fingerprint density at radius 2 is 2.14 bits per heavy atom. The normalized spacial score (nSPS) is 31.5. The summed E-state index contributed by atoms with van der Waals surface area (Å²) >= 11 is 0. The molecule has 1 aliphatic rings. The number of allylic oxidation sites excluding steroid dienone is 1. The van der Waals surface area contributed by atoms with Gasteiger partial charge in [-0.05, 0) is 40.2 Å². The Morgan fingerprint density at radius 3 is 2.57 bits per heavy atom. The number of ether oxygens (including phenoxy) is 2. The van der Waals surface area contributed by atoms with E-state index >= 15 is 0 Å². The molecule has 2 N–H and O–H groups in total. The van der Waals surface area contributed by atoms with Crippen molar-refractivity contribution in [2.75, 3.05) is 27.9 Å². The van der Waals surface area contributed by atoms with Crippen molar-refractivity contribution in [3.8, 4) is 0 Å². The van der Waals surface area contributed by atoms with Gasteiger partial charge in [0.15, 0.2) is 0 Å². The molecule has 0 aromatic carbocycles. The van der Waals surface area contributed by atoms with Crippen molar-refractivity contribution in [3.63, 3.8) is 0 Å². The first-order valence-electron chi connectivity index (χ1n) is 7.47. The number of rotatable bonds is 7.